The molecule has 0 aliphatic heterocycles. The lowest BCUT2D eigenvalue weighted by Gasteiger charge is -2.05. The molecule has 0 aromatic carbocycles. The van der Waals surface area contributed by atoms with E-state index in [9.17, 15) is 14.4 Å². The highest BCUT2D eigenvalue weighted by molar-refractivity contribution is 7.16. The average molecular weight is 362 g/mol. The molecule has 3 rings (SSSR count). The van der Waals surface area contributed by atoms with Gasteiger partial charge in [-0.15, -0.1) is 0 Å². The highest BCUT2D eigenvalue weighted by atomic mass is 32.1. The number of furan rings is 1. The summed E-state index contributed by atoms with van der Waals surface area (Å²) in [5.41, 5.74) is -0.0138. The number of aryl methyl sites for hydroxylation is 1. The van der Waals surface area contributed by atoms with Gasteiger partial charge in [-0.25, -0.2) is 4.98 Å². The van der Waals surface area contributed by atoms with Gasteiger partial charge in [0, 0.05) is 6.07 Å². The number of nitrogens with zero attached hydrogens (tertiary/aromatic N) is 3. The first kappa shape index (κ1) is 16.8. The van der Waals surface area contributed by atoms with Crippen LogP contribution in [0.3, 0.4) is 0 Å². The monoisotopic (exact) mass is 362 g/mol. The SMILES string of the molecule is CCc1nn2c(=O)cc(COC(=O)CNC(=O)c3ccco3)nc2s1. The Labute approximate surface area is 145 Å². The van der Waals surface area contributed by atoms with E-state index < -0.39 is 11.9 Å². The fraction of sp³-hybridized carbons (Fsp3) is 0.267. The molecule has 1 amide bonds. The minimum atomic E-state index is -0.652. The summed E-state index contributed by atoms with van der Waals surface area (Å²) in [4.78, 5) is 40.0. The van der Waals surface area contributed by atoms with Crippen molar-refractivity contribution in [2.24, 2.45) is 0 Å². The first-order valence-electron chi connectivity index (χ1n) is 7.43. The van der Waals surface area contributed by atoms with E-state index >= 15 is 0 Å². The van der Waals surface area contributed by atoms with Gasteiger partial charge in [0.25, 0.3) is 11.5 Å². The van der Waals surface area contributed by atoms with Crippen molar-refractivity contribution in [3.63, 3.8) is 0 Å². The summed E-state index contributed by atoms with van der Waals surface area (Å²) in [5.74, 6) is -1.07. The number of ether oxygens (including phenoxy) is 1. The minimum Gasteiger partial charge on any atom is -0.459 e. The fourth-order valence-electron chi connectivity index (χ4n) is 1.97. The van der Waals surface area contributed by atoms with Crippen LogP contribution in [-0.4, -0.2) is 33.0 Å². The highest BCUT2D eigenvalue weighted by Gasteiger charge is 2.12. The topological polar surface area (TPSA) is 116 Å². The molecule has 3 aromatic heterocycles. The number of nitrogens with one attached hydrogen (secondary N) is 1. The van der Waals surface area contributed by atoms with Gasteiger partial charge >= 0.3 is 5.97 Å². The van der Waals surface area contributed by atoms with Crippen LogP contribution in [-0.2, 0) is 22.6 Å². The molecule has 10 heteroatoms. The van der Waals surface area contributed by atoms with Crippen LogP contribution in [0.1, 0.15) is 28.2 Å². The number of carbonyl (C=O) groups excluding carboxylic acids is 2. The number of aromatic nitrogens is 3. The summed E-state index contributed by atoms with van der Waals surface area (Å²) < 4.78 is 11.1. The smallest absolute Gasteiger partial charge is 0.325 e. The number of hydrogen-bond donors (Lipinski definition) is 1. The summed E-state index contributed by atoms with van der Waals surface area (Å²) in [5, 5.41) is 7.30. The van der Waals surface area contributed by atoms with Crippen LogP contribution in [0.15, 0.2) is 33.7 Å². The second-order valence-corrected chi connectivity index (χ2v) is 5.99. The molecule has 0 saturated heterocycles. The molecule has 0 spiro atoms. The number of fused-ring (bicyclic) bond motifs is 1. The molecule has 0 aliphatic carbocycles. The molecule has 130 valence electrons. The van der Waals surface area contributed by atoms with Gasteiger partial charge in [-0.2, -0.15) is 9.61 Å². The first-order chi connectivity index (χ1) is 12.1. The second-order valence-electron chi connectivity index (χ2n) is 4.95. The van der Waals surface area contributed by atoms with Gasteiger partial charge in [0.2, 0.25) is 4.96 Å². The van der Waals surface area contributed by atoms with E-state index in [1.54, 1.807) is 6.07 Å². The molecule has 0 bridgehead atoms. The Morgan fingerprint density at radius 2 is 2.28 bits per heavy atom. The van der Waals surface area contributed by atoms with E-state index in [1.807, 2.05) is 6.92 Å². The summed E-state index contributed by atoms with van der Waals surface area (Å²) >= 11 is 1.31. The Morgan fingerprint density at radius 3 is 3.00 bits per heavy atom. The zero-order chi connectivity index (χ0) is 17.8. The summed E-state index contributed by atoms with van der Waals surface area (Å²) in [7, 11) is 0. The molecule has 25 heavy (non-hydrogen) atoms. The maximum atomic E-state index is 12.0. The maximum absolute atomic E-state index is 12.0. The number of amides is 1. The van der Waals surface area contributed by atoms with Crippen LogP contribution in [0.4, 0.5) is 0 Å². The molecular formula is C15H14N4O5S. The second kappa shape index (κ2) is 7.26. The molecule has 0 fully saturated rings. The standard InChI is InChI=1S/C15H14N4O5S/c1-2-11-18-19-12(20)6-9(17-15(19)25-11)8-24-13(21)7-16-14(22)10-4-3-5-23-10/h3-6H,2,7-8H2,1H3,(H,16,22). The minimum absolute atomic E-state index is 0.102. The van der Waals surface area contributed by atoms with Crippen molar-refractivity contribution in [3.05, 3.63) is 51.3 Å². The fourth-order valence-corrected chi connectivity index (χ4v) is 2.82. The third kappa shape index (κ3) is 3.91. The van der Waals surface area contributed by atoms with Crippen molar-refractivity contribution in [1.82, 2.24) is 19.9 Å². The van der Waals surface area contributed by atoms with Crippen LogP contribution in [0.5, 0.6) is 0 Å². The van der Waals surface area contributed by atoms with Crippen molar-refractivity contribution in [1.29, 1.82) is 0 Å². The molecule has 0 aliphatic rings. The van der Waals surface area contributed by atoms with Gasteiger partial charge in [-0.1, -0.05) is 18.3 Å². The molecule has 0 atom stereocenters. The van der Waals surface area contributed by atoms with Crippen LogP contribution < -0.4 is 10.9 Å². The lowest BCUT2D eigenvalue weighted by molar-refractivity contribution is -0.143. The molecular weight excluding hydrogens is 348 g/mol. The molecule has 0 unspecified atom stereocenters. The predicted octanol–water partition coefficient (Wildman–Crippen LogP) is 0.780. The number of hydrogen-bond acceptors (Lipinski definition) is 8. The van der Waals surface area contributed by atoms with E-state index in [0.29, 0.717) is 17.1 Å². The van der Waals surface area contributed by atoms with E-state index in [2.05, 4.69) is 15.4 Å². The van der Waals surface area contributed by atoms with Gasteiger partial charge in [0.15, 0.2) is 5.76 Å². The average Bonchev–Trinajstić information content (AvgIpc) is 3.27. The normalized spacial score (nSPS) is 10.8. The molecule has 3 heterocycles. The van der Waals surface area contributed by atoms with Crippen LogP contribution in [0, 0.1) is 0 Å². The number of rotatable bonds is 6. The van der Waals surface area contributed by atoms with Crippen molar-refractivity contribution in [2.45, 2.75) is 20.0 Å². The Bertz CT molecular complexity index is 960. The largest absolute Gasteiger partial charge is 0.459 e. The van der Waals surface area contributed by atoms with Gasteiger partial charge in [0.1, 0.15) is 18.2 Å². The molecule has 3 aromatic rings. The Hall–Kier alpha value is -3.01. The Balaban J connectivity index is 1.57. The van der Waals surface area contributed by atoms with Crippen LogP contribution >= 0.6 is 11.3 Å². The molecule has 9 nitrogen and oxygen atoms in total. The summed E-state index contributed by atoms with van der Waals surface area (Å²) in [6, 6.07) is 4.31. The van der Waals surface area contributed by atoms with Crippen molar-refractivity contribution in [3.8, 4) is 0 Å². The van der Waals surface area contributed by atoms with Crippen LogP contribution in [0.25, 0.3) is 4.96 Å². The van der Waals surface area contributed by atoms with Crippen molar-refractivity contribution < 1.29 is 18.7 Å². The predicted molar refractivity (Wildman–Crippen MR) is 87.3 cm³/mol. The maximum Gasteiger partial charge on any atom is 0.325 e. The highest BCUT2D eigenvalue weighted by Crippen LogP contribution is 2.12. The number of esters is 1. The van der Waals surface area contributed by atoms with Gasteiger partial charge in [-0.05, 0) is 18.6 Å². The van der Waals surface area contributed by atoms with E-state index in [0.717, 1.165) is 5.01 Å². The lowest BCUT2D eigenvalue weighted by atomic mass is 10.4. The van der Waals surface area contributed by atoms with Crippen LogP contribution in [0.2, 0.25) is 0 Å². The number of carbonyl (C=O) groups is 2. The third-order valence-electron chi connectivity index (χ3n) is 3.16. The molecule has 0 saturated carbocycles. The quantitative estimate of drug-likeness (QED) is 0.644. The first-order valence-corrected chi connectivity index (χ1v) is 8.24. The van der Waals surface area contributed by atoms with Gasteiger partial charge in [0.05, 0.1) is 12.0 Å². The molecule has 1 N–H and O–H groups in total. The van der Waals surface area contributed by atoms with Gasteiger partial charge in [-0.3, -0.25) is 14.4 Å². The van der Waals surface area contributed by atoms with Crippen molar-refractivity contribution in [2.75, 3.05) is 6.54 Å². The third-order valence-corrected chi connectivity index (χ3v) is 4.21. The summed E-state index contributed by atoms with van der Waals surface area (Å²) in [6.07, 6.45) is 2.06. The Morgan fingerprint density at radius 1 is 1.44 bits per heavy atom. The Kier molecular flexibility index (Phi) is 4.89. The lowest BCUT2D eigenvalue weighted by Crippen LogP contribution is -2.30. The van der Waals surface area contributed by atoms with E-state index in [-0.39, 0.29) is 24.5 Å². The zero-order valence-corrected chi connectivity index (χ0v) is 14.0. The van der Waals surface area contributed by atoms with E-state index in [4.69, 9.17) is 9.15 Å². The van der Waals surface area contributed by atoms with Gasteiger partial charge < -0.3 is 14.5 Å². The van der Waals surface area contributed by atoms with E-state index in [1.165, 1.54) is 34.2 Å². The molecule has 0 radical (unpaired) electrons. The summed E-state index contributed by atoms with van der Waals surface area (Å²) in [6.45, 7) is 1.45. The van der Waals surface area contributed by atoms with Crippen molar-refractivity contribution >= 4 is 28.2 Å². The zero-order valence-electron chi connectivity index (χ0n) is 13.2.